The van der Waals surface area contributed by atoms with Crippen molar-refractivity contribution in [3.63, 3.8) is 0 Å². The Labute approximate surface area is 117 Å². The van der Waals surface area contributed by atoms with Crippen LogP contribution >= 0.6 is 22.7 Å². The lowest BCUT2D eigenvalue weighted by molar-refractivity contribution is 1.34. The highest BCUT2D eigenvalue weighted by atomic mass is 32.1. The minimum Gasteiger partial charge on any atom is -0.336 e. The van der Waals surface area contributed by atoms with Gasteiger partial charge in [-0.25, -0.2) is 4.98 Å². The third kappa shape index (κ3) is 1.87. The van der Waals surface area contributed by atoms with E-state index >= 15 is 0 Å². The molecule has 19 heavy (non-hydrogen) atoms. The highest BCUT2D eigenvalue weighted by Crippen LogP contribution is 2.35. The molecule has 0 aromatic carbocycles. The molecule has 0 aliphatic heterocycles. The van der Waals surface area contributed by atoms with Crippen LogP contribution in [0.2, 0.25) is 0 Å². The van der Waals surface area contributed by atoms with Gasteiger partial charge in [0.2, 0.25) is 0 Å². The molecule has 0 aliphatic carbocycles. The second-order valence-corrected chi connectivity index (χ2v) is 6.15. The van der Waals surface area contributed by atoms with Gasteiger partial charge in [-0.3, -0.25) is 4.98 Å². The Kier molecular flexibility index (Phi) is 2.46. The average Bonchev–Trinajstić information content (AvgIpc) is 3.17. The lowest BCUT2D eigenvalue weighted by Gasteiger charge is -1.89. The van der Waals surface area contributed by atoms with Crippen molar-refractivity contribution < 1.29 is 0 Å². The van der Waals surface area contributed by atoms with E-state index in [1.54, 1.807) is 35.1 Å². The zero-order valence-electron chi connectivity index (χ0n) is 9.83. The van der Waals surface area contributed by atoms with Crippen molar-refractivity contribution in [2.75, 3.05) is 0 Å². The molecule has 92 valence electrons. The smallest absolute Gasteiger partial charge is 0.148 e. The second-order valence-electron chi connectivity index (χ2n) is 4.12. The Morgan fingerprint density at radius 2 is 1.95 bits per heavy atom. The molecule has 0 aliphatic rings. The molecule has 0 spiro atoms. The molecule has 0 amide bonds. The summed E-state index contributed by atoms with van der Waals surface area (Å²) in [5.74, 6) is 0.913. The largest absolute Gasteiger partial charge is 0.336 e. The summed E-state index contributed by atoms with van der Waals surface area (Å²) in [5.41, 5.74) is 1.93. The Bertz CT molecular complexity index is 794. The third-order valence-corrected chi connectivity index (χ3v) is 5.04. The summed E-state index contributed by atoms with van der Waals surface area (Å²) in [6.07, 6.45) is 3.57. The van der Waals surface area contributed by atoms with Crippen molar-refractivity contribution in [1.29, 1.82) is 0 Å². The number of aromatic nitrogens is 3. The summed E-state index contributed by atoms with van der Waals surface area (Å²) in [6, 6.07) is 10.4. The van der Waals surface area contributed by atoms with Gasteiger partial charge in [-0.05, 0) is 29.6 Å². The first-order valence-corrected chi connectivity index (χ1v) is 7.53. The van der Waals surface area contributed by atoms with Crippen LogP contribution in [0.15, 0.2) is 48.1 Å². The van der Waals surface area contributed by atoms with Crippen LogP contribution in [0.25, 0.3) is 31.5 Å². The summed E-state index contributed by atoms with van der Waals surface area (Å²) in [7, 11) is 0. The molecule has 4 aromatic rings. The van der Waals surface area contributed by atoms with Gasteiger partial charge in [-0.1, -0.05) is 6.07 Å². The van der Waals surface area contributed by atoms with E-state index in [2.05, 4.69) is 44.6 Å². The number of hydrogen-bond donors (Lipinski definition) is 1. The second kappa shape index (κ2) is 4.29. The van der Waals surface area contributed by atoms with E-state index in [9.17, 15) is 0 Å². The molecule has 4 heterocycles. The molecular formula is C14H9N3S2. The molecule has 0 atom stereocenters. The normalized spacial score (nSPS) is 11.2. The number of aromatic amines is 1. The molecule has 0 bridgehead atoms. The first-order valence-electron chi connectivity index (χ1n) is 5.84. The van der Waals surface area contributed by atoms with Crippen LogP contribution in [0.4, 0.5) is 0 Å². The van der Waals surface area contributed by atoms with Gasteiger partial charge < -0.3 is 4.98 Å². The first-order chi connectivity index (χ1) is 9.40. The van der Waals surface area contributed by atoms with E-state index in [4.69, 9.17) is 0 Å². The van der Waals surface area contributed by atoms with Crippen LogP contribution in [0.3, 0.4) is 0 Å². The van der Waals surface area contributed by atoms with E-state index in [1.165, 1.54) is 9.75 Å². The van der Waals surface area contributed by atoms with Gasteiger partial charge in [-0.2, -0.15) is 0 Å². The van der Waals surface area contributed by atoms with Crippen LogP contribution in [0.1, 0.15) is 0 Å². The Morgan fingerprint density at radius 3 is 2.79 bits per heavy atom. The standard InChI is InChI=1S/C14H9N3S2/c1-2-11(18-7-1)12-3-4-13(19-12)14-16-9-5-6-15-8-10(9)17-14/h1-8H,(H,16,17). The van der Waals surface area contributed by atoms with Crippen molar-refractivity contribution in [1.82, 2.24) is 15.0 Å². The average molecular weight is 283 g/mol. The molecule has 4 aromatic heterocycles. The minimum atomic E-state index is 0.913. The first kappa shape index (κ1) is 10.9. The molecule has 4 rings (SSSR count). The van der Waals surface area contributed by atoms with Crippen LogP contribution in [-0.4, -0.2) is 15.0 Å². The number of pyridine rings is 1. The molecule has 3 nitrogen and oxygen atoms in total. The van der Waals surface area contributed by atoms with Crippen LogP contribution in [0, 0.1) is 0 Å². The number of rotatable bonds is 2. The van der Waals surface area contributed by atoms with E-state index < -0.39 is 0 Å². The highest BCUT2D eigenvalue weighted by molar-refractivity contribution is 7.23. The van der Waals surface area contributed by atoms with E-state index in [1.807, 2.05) is 6.07 Å². The summed E-state index contributed by atoms with van der Waals surface area (Å²) in [6.45, 7) is 0. The number of fused-ring (bicyclic) bond motifs is 1. The van der Waals surface area contributed by atoms with Crippen molar-refractivity contribution in [2.45, 2.75) is 0 Å². The fourth-order valence-corrected chi connectivity index (χ4v) is 3.78. The van der Waals surface area contributed by atoms with Gasteiger partial charge >= 0.3 is 0 Å². The Hall–Kier alpha value is -1.98. The SMILES string of the molecule is c1csc(-c2ccc(-c3nc4ccncc4[nH]3)s2)c1. The molecule has 1 N–H and O–H groups in total. The summed E-state index contributed by atoms with van der Waals surface area (Å²) < 4.78 is 0. The predicted molar refractivity (Wildman–Crippen MR) is 80.5 cm³/mol. The predicted octanol–water partition coefficient (Wildman–Crippen LogP) is 4.41. The van der Waals surface area contributed by atoms with Crippen molar-refractivity contribution in [3.05, 3.63) is 48.1 Å². The number of thiophene rings is 2. The van der Waals surface area contributed by atoms with Gasteiger partial charge in [0.25, 0.3) is 0 Å². The monoisotopic (exact) mass is 283 g/mol. The molecule has 0 saturated heterocycles. The molecule has 0 radical (unpaired) electrons. The fourth-order valence-electron chi connectivity index (χ4n) is 1.99. The molecule has 0 unspecified atom stereocenters. The quantitative estimate of drug-likeness (QED) is 0.592. The maximum absolute atomic E-state index is 4.60. The topological polar surface area (TPSA) is 41.6 Å². The van der Waals surface area contributed by atoms with Crippen LogP contribution in [0.5, 0.6) is 0 Å². The molecule has 5 heteroatoms. The number of nitrogens with one attached hydrogen (secondary N) is 1. The Morgan fingerprint density at radius 1 is 1.00 bits per heavy atom. The van der Waals surface area contributed by atoms with Gasteiger partial charge in [0.1, 0.15) is 5.82 Å². The van der Waals surface area contributed by atoms with Crippen molar-refractivity contribution in [2.24, 2.45) is 0 Å². The van der Waals surface area contributed by atoms with E-state index in [0.717, 1.165) is 21.7 Å². The van der Waals surface area contributed by atoms with Crippen molar-refractivity contribution in [3.8, 4) is 20.5 Å². The lowest BCUT2D eigenvalue weighted by atomic mass is 10.3. The molecular weight excluding hydrogens is 274 g/mol. The van der Waals surface area contributed by atoms with Gasteiger partial charge in [-0.15, -0.1) is 22.7 Å². The van der Waals surface area contributed by atoms with E-state index in [-0.39, 0.29) is 0 Å². The van der Waals surface area contributed by atoms with E-state index in [0.29, 0.717) is 0 Å². The zero-order valence-corrected chi connectivity index (χ0v) is 11.5. The van der Waals surface area contributed by atoms with Crippen molar-refractivity contribution >= 4 is 33.7 Å². The molecule has 0 fully saturated rings. The summed E-state index contributed by atoms with van der Waals surface area (Å²) in [4.78, 5) is 15.7. The van der Waals surface area contributed by atoms with Crippen LogP contribution < -0.4 is 0 Å². The highest BCUT2D eigenvalue weighted by Gasteiger charge is 2.09. The summed E-state index contributed by atoms with van der Waals surface area (Å²) in [5, 5.41) is 2.10. The van der Waals surface area contributed by atoms with Gasteiger partial charge in [0.05, 0.1) is 22.1 Å². The third-order valence-electron chi connectivity index (χ3n) is 2.89. The Balaban J connectivity index is 1.80. The van der Waals surface area contributed by atoms with Gasteiger partial charge in [0.15, 0.2) is 0 Å². The maximum Gasteiger partial charge on any atom is 0.148 e. The maximum atomic E-state index is 4.60. The number of hydrogen-bond acceptors (Lipinski definition) is 4. The lowest BCUT2D eigenvalue weighted by Crippen LogP contribution is -1.72. The fraction of sp³-hybridized carbons (Fsp3) is 0. The zero-order chi connectivity index (χ0) is 12.7. The number of nitrogens with zero attached hydrogens (tertiary/aromatic N) is 2. The van der Waals surface area contributed by atoms with Gasteiger partial charge in [0, 0.05) is 16.0 Å². The summed E-state index contributed by atoms with van der Waals surface area (Å²) >= 11 is 3.51. The number of H-pyrrole nitrogens is 1. The molecule has 0 saturated carbocycles. The van der Waals surface area contributed by atoms with Crippen LogP contribution in [-0.2, 0) is 0 Å². The number of imidazole rings is 1. The minimum absolute atomic E-state index is 0.913.